The molecule has 0 spiro atoms. The molecule has 2 fully saturated rings. The fourth-order valence-corrected chi connectivity index (χ4v) is 3.20. The summed E-state index contributed by atoms with van der Waals surface area (Å²) in [7, 11) is 1.82. The molecule has 1 aromatic carbocycles. The van der Waals surface area contributed by atoms with E-state index < -0.39 is 0 Å². The van der Waals surface area contributed by atoms with Gasteiger partial charge in [0, 0.05) is 25.7 Å². The maximum absolute atomic E-state index is 5.98. The van der Waals surface area contributed by atoms with Crippen LogP contribution < -0.4 is 15.4 Å². The van der Waals surface area contributed by atoms with E-state index in [1.165, 1.54) is 50.9 Å². The first-order valence-corrected chi connectivity index (χ1v) is 9.73. The maximum atomic E-state index is 5.98. The summed E-state index contributed by atoms with van der Waals surface area (Å²) in [5.41, 5.74) is 1.18. The topological polar surface area (TPSA) is 48.9 Å². The quantitative estimate of drug-likeness (QED) is 0.251. The summed E-state index contributed by atoms with van der Waals surface area (Å²) >= 11 is 0. The number of hydrogen-bond donors (Lipinski definition) is 2. The second kappa shape index (κ2) is 11.6. The number of rotatable bonds is 9. The lowest BCUT2D eigenvalue weighted by molar-refractivity contribution is 0.296. The molecule has 0 radical (unpaired) electrons. The molecule has 0 unspecified atom stereocenters. The lowest BCUT2D eigenvalue weighted by Crippen LogP contribution is -2.38. The second-order valence-electron chi connectivity index (χ2n) is 7.12. The first-order valence-electron chi connectivity index (χ1n) is 9.73. The highest BCUT2D eigenvalue weighted by Crippen LogP contribution is 2.30. The Hall–Kier alpha value is -1.02. The van der Waals surface area contributed by atoms with E-state index in [9.17, 15) is 0 Å². The van der Waals surface area contributed by atoms with Crippen molar-refractivity contribution in [2.24, 2.45) is 10.9 Å². The smallest absolute Gasteiger partial charge is 0.191 e. The molecule has 1 aliphatic carbocycles. The Balaban J connectivity index is 0.00000243. The van der Waals surface area contributed by atoms with Gasteiger partial charge in [0.15, 0.2) is 5.96 Å². The van der Waals surface area contributed by atoms with Crippen LogP contribution in [-0.4, -0.2) is 50.7 Å². The molecule has 0 amide bonds. The lowest BCUT2D eigenvalue weighted by Gasteiger charge is -2.16. The molecule has 1 aromatic rings. The molecule has 6 heteroatoms. The second-order valence-corrected chi connectivity index (χ2v) is 7.12. The van der Waals surface area contributed by atoms with E-state index in [1.54, 1.807) is 0 Å². The summed E-state index contributed by atoms with van der Waals surface area (Å²) in [4.78, 5) is 6.87. The molecule has 2 N–H and O–H groups in total. The summed E-state index contributed by atoms with van der Waals surface area (Å²) in [6.07, 6.45) is 6.50. The molecule has 1 aliphatic heterocycles. The Bertz CT molecular complexity index is 556. The van der Waals surface area contributed by atoms with Crippen molar-refractivity contribution in [3.63, 3.8) is 0 Å². The minimum Gasteiger partial charge on any atom is -0.493 e. The van der Waals surface area contributed by atoms with Crippen molar-refractivity contribution in [3.05, 3.63) is 29.8 Å². The number of benzene rings is 1. The van der Waals surface area contributed by atoms with Gasteiger partial charge in [-0.05, 0) is 63.7 Å². The van der Waals surface area contributed by atoms with Crippen LogP contribution in [0.4, 0.5) is 0 Å². The maximum Gasteiger partial charge on any atom is 0.191 e. The normalized spacial score (nSPS) is 17.7. The van der Waals surface area contributed by atoms with Crippen LogP contribution in [0.25, 0.3) is 0 Å². The van der Waals surface area contributed by atoms with Gasteiger partial charge in [0.2, 0.25) is 0 Å². The van der Waals surface area contributed by atoms with Crippen molar-refractivity contribution in [1.82, 2.24) is 15.5 Å². The van der Waals surface area contributed by atoms with Crippen molar-refractivity contribution >= 4 is 29.9 Å². The molecule has 0 atom stereocenters. The van der Waals surface area contributed by atoms with Gasteiger partial charge in [-0.25, -0.2) is 0 Å². The van der Waals surface area contributed by atoms with Crippen LogP contribution in [0.3, 0.4) is 0 Å². The molecular weight excluding hydrogens is 439 g/mol. The summed E-state index contributed by atoms with van der Waals surface area (Å²) < 4.78 is 5.98. The molecule has 2 aliphatic rings. The first kappa shape index (κ1) is 21.3. The number of nitrogens with one attached hydrogen (secondary N) is 2. The average molecular weight is 472 g/mol. The number of ether oxygens (including phenoxy) is 1. The van der Waals surface area contributed by atoms with E-state index in [4.69, 9.17) is 4.74 Å². The third-order valence-electron chi connectivity index (χ3n) is 4.96. The van der Waals surface area contributed by atoms with E-state index in [-0.39, 0.29) is 24.0 Å². The molecule has 1 saturated heterocycles. The number of guanidine groups is 1. The number of halogens is 1. The van der Waals surface area contributed by atoms with Crippen LogP contribution in [0.15, 0.2) is 29.3 Å². The SMILES string of the molecule is CN=C(NCCCN1CCCC1)NCc1ccccc1OCC1CC1.I. The molecule has 5 nitrogen and oxygen atoms in total. The zero-order chi connectivity index (χ0) is 17.3. The van der Waals surface area contributed by atoms with Gasteiger partial charge >= 0.3 is 0 Å². The summed E-state index contributed by atoms with van der Waals surface area (Å²) in [6.45, 7) is 6.25. The van der Waals surface area contributed by atoms with Crippen molar-refractivity contribution in [2.75, 3.05) is 39.8 Å². The number of para-hydroxylation sites is 1. The van der Waals surface area contributed by atoms with E-state index in [1.807, 2.05) is 13.1 Å². The molecule has 1 heterocycles. The third-order valence-corrected chi connectivity index (χ3v) is 4.96. The Morgan fingerprint density at radius 2 is 1.96 bits per heavy atom. The average Bonchev–Trinajstić information content (AvgIpc) is 3.33. The summed E-state index contributed by atoms with van der Waals surface area (Å²) in [5.74, 6) is 2.62. The molecule has 1 saturated carbocycles. The van der Waals surface area contributed by atoms with E-state index in [0.29, 0.717) is 0 Å². The highest BCUT2D eigenvalue weighted by atomic mass is 127. The van der Waals surface area contributed by atoms with Gasteiger partial charge in [-0.3, -0.25) is 4.99 Å². The number of hydrogen-bond acceptors (Lipinski definition) is 3. The van der Waals surface area contributed by atoms with Crippen LogP contribution in [-0.2, 0) is 6.54 Å². The van der Waals surface area contributed by atoms with Gasteiger partial charge < -0.3 is 20.3 Å². The van der Waals surface area contributed by atoms with Crippen LogP contribution in [0.5, 0.6) is 5.75 Å². The van der Waals surface area contributed by atoms with Crippen molar-refractivity contribution < 1.29 is 4.74 Å². The van der Waals surface area contributed by atoms with Gasteiger partial charge in [0.1, 0.15) is 5.75 Å². The predicted octanol–water partition coefficient (Wildman–Crippen LogP) is 3.24. The Morgan fingerprint density at radius 1 is 1.19 bits per heavy atom. The molecule has 0 bridgehead atoms. The first-order chi connectivity index (χ1) is 12.3. The molecule has 0 aromatic heterocycles. The van der Waals surface area contributed by atoms with Gasteiger partial charge in [0.25, 0.3) is 0 Å². The molecule has 146 valence electrons. The fraction of sp³-hybridized carbons (Fsp3) is 0.650. The zero-order valence-corrected chi connectivity index (χ0v) is 18.2. The Kier molecular flexibility index (Phi) is 9.53. The van der Waals surface area contributed by atoms with Gasteiger partial charge in [-0.1, -0.05) is 18.2 Å². The summed E-state index contributed by atoms with van der Waals surface area (Å²) in [6, 6.07) is 8.28. The monoisotopic (exact) mass is 472 g/mol. The third kappa shape index (κ3) is 7.31. The molecule has 3 rings (SSSR count). The number of likely N-dealkylation sites (tertiary alicyclic amines) is 1. The number of aliphatic imine (C=N–C) groups is 1. The van der Waals surface area contributed by atoms with Crippen molar-refractivity contribution in [1.29, 1.82) is 0 Å². The number of nitrogens with zero attached hydrogens (tertiary/aromatic N) is 2. The van der Waals surface area contributed by atoms with Gasteiger partial charge in [-0.15, -0.1) is 24.0 Å². The minimum absolute atomic E-state index is 0. The molecule has 26 heavy (non-hydrogen) atoms. The largest absolute Gasteiger partial charge is 0.493 e. The van der Waals surface area contributed by atoms with E-state index in [0.717, 1.165) is 43.7 Å². The highest BCUT2D eigenvalue weighted by molar-refractivity contribution is 14.0. The lowest BCUT2D eigenvalue weighted by atomic mass is 10.2. The van der Waals surface area contributed by atoms with Gasteiger partial charge in [0.05, 0.1) is 6.61 Å². The van der Waals surface area contributed by atoms with Crippen molar-refractivity contribution in [2.45, 2.75) is 38.6 Å². The summed E-state index contributed by atoms with van der Waals surface area (Å²) in [5, 5.41) is 6.82. The molecular formula is C20H33IN4O. The standard InChI is InChI=1S/C20H32N4O.HI/c1-21-20(22-11-6-14-24-12-4-5-13-24)23-15-18-7-2-3-8-19(18)25-16-17-9-10-17;/h2-3,7-8,17H,4-6,9-16H2,1H3,(H2,21,22,23);1H. The van der Waals surface area contributed by atoms with Crippen molar-refractivity contribution in [3.8, 4) is 5.75 Å². The Morgan fingerprint density at radius 3 is 2.69 bits per heavy atom. The van der Waals surface area contributed by atoms with E-state index >= 15 is 0 Å². The minimum atomic E-state index is 0. The highest BCUT2D eigenvalue weighted by Gasteiger charge is 2.22. The zero-order valence-electron chi connectivity index (χ0n) is 15.9. The Labute approximate surface area is 175 Å². The van der Waals surface area contributed by atoms with E-state index in [2.05, 4.69) is 38.7 Å². The van der Waals surface area contributed by atoms with Crippen LogP contribution in [0.2, 0.25) is 0 Å². The van der Waals surface area contributed by atoms with Crippen LogP contribution in [0.1, 0.15) is 37.7 Å². The van der Waals surface area contributed by atoms with Crippen LogP contribution >= 0.6 is 24.0 Å². The fourth-order valence-electron chi connectivity index (χ4n) is 3.20. The van der Waals surface area contributed by atoms with Crippen LogP contribution in [0, 0.1) is 5.92 Å². The predicted molar refractivity (Wildman–Crippen MR) is 119 cm³/mol. The van der Waals surface area contributed by atoms with Gasteiger partial charge in [-0.2, -0.15) is 0 Å².